The summed E-state index contributed by atoms with van der Waals surface area (Å²) >= 11 is 0. The van der Waals surface area contributed by atoms with Crippen LogP contribution in [0.3, 0.4) is 0 Å². The lowest BCUT2D eigenvalue weighted by Gasteiger charge is -2.21. The number of rotatable bonds is 6. The van der Waals surface area contributed by atoms with Crippen LogP contribution in [0.15, 0.2) is 0 Å². The van der Waals surface area contributed by atoms with E-state index in [1.165, 1.54) is 38.9 Å². The average Bonchev–Trinajstić information content (AvgIpc) is 2.89. The van der Waals surface area contributed by atoms with E-state index in [1.807, 2.05) is 0 Å². The monoisotopic (exact) mass is 228 g/mol. The molecule has 0 aromatic carbocycles. The standard InChI is InChI=1S/C12H24N2O2/c15-12(4-9-16-11-12)10-13-5-3-8-14-6-1-2-7-14/h13,15H,1-11H2. The van der Waals surface area contributed by atoms with Gasteiger partial charge < -0.3 is 20.1 Å². The van der Waals surface area contributed by atoms with Crippen molar-refractivity contribution in [3.8, 4) is 0 Å². The van der Waals surface area contributed by atoms with Crippen molar-refractivity contribution in [1.29, 1.82) is 0 Å². The Morgan fingerprint density at radius 3 is 2.81 bits per heavy atom. The molecule has 0 spiro atoms. The summed E-state index contributed by atoms with van der Waals surface area (Å²) in [6.07, 6.45) is 4.68. The van der Waals surface area contributed by atoms with Crippen molar-refractivity contribution in [2.75, 3.05) is 45.9 Å². The molecule has 2 aliphatic heterocycles. The van der Waals surface area contributed by atoms with Crippen molar-refractivity contribution in [3.63, 3.8) is 0 Å². The van der Waals surface area contributed by atoms with E-state index in [4.69, 9.17) is 4.74 Å². The molecule has 2 fully saturated rings. The lowest BCUT2D eigenvalue weighted by atomic mass is 10.0. The molecule has 0 saturated carbocycles. The van der Waals surface area contributed by atoms with E-state index in [0.717, 1.165) is 13.0 Å². The van der Waals surface area contributed by atoms with Gasteiger partial charge in [-0.15, -0.1) is 0 Å². The highest BCUT2D eigenvalue weighted by molar-refractivity contribution is 4.84. The maximum absolute atomic E-state index is 10.0. The van der Waals surface area contributed by atoms with Gasteiger partial charge in [-0.2, -0.15) is 0 Å². The van der Waals surface area contributed by atoms with Crippen LogP contribution in [0.2, 0.25) is 0 Å². The number of ether oxygens (including phenoxy) is 1. The molecule has 4 nitrogen and oxygen atoms in total. The van der Waals surface area contributed by atoms with E-state index in [-0.39, 0.29) is 0 Å². The molecule has 2 aliphatic rings. The number of aliphatic hydroxyl groups is 1. The van der Waals surface area contributed by atoms with E-state index >= 15 is 0 Å². The lowest BCUT2D eigenvalue weighted by Crippen LogP contribution is -2.41. The first-order valence-electron chi connectivity index (χ1n) is 6.52. The number of likely N-dealkylation sites (tertiary alicyclic amines) is 1. The lowest BCUT2D eigenvalue weighted by molar-refractivity contribution is 0.0271. The molecular weight excluding hydrogens is 204 g/mol. The van der Waals surface area contributed by atoms with Gasteiger partial charge >= 0.3 is 0 Å². The van der Waals surface area contributed by atoms with E-state index in [1.54, 1.807) is 0 Å². The van der Waals surface area contributed by atoms with Gasteiger partial charge in [-0.05, 0) is 45.4 Å². The van der Waals surface area contributed by atoms with Crippen LogP contribution in [0.1, 0.15) is 25.7 Å². The van der Waals surface area contributed by atoms with Crippen molar-refractivity contribution in [3.05, 3.63) is 0 Å². The minimum Gasteiger partial charge on any atom is -0.386 e. The number of hydrogen-bond donors (Lipinski definition) is 2. The Morgan fingerprint density at radius 2 is 2.12 bits per heavy atom. The third kappa shape index (κ3) is 3.70. The maximum Gasteiger partial charge on any atom is 0.102 e. The second kappa shape index (κ2) is 5.96. The fourth-order valence-electron chi connectivity index (χ4n) is 2.49. The van der Waals surface area contributed by atoms with Crippen LogP contribution in [0, 0.1) is 0 Å². The van der Waals surface area contributed by atoms with Crippen molar-refractivity contribution < 1.29 is 9.84 Å². The Labute approximate surface area is 98.0 Å². The van der Waals surface area contributed by atoms with Gasteiger partial charge in [0.05, 0.1) is 6.61 Å². The summed E-state index contributed by atoms with van der Waals surface area (Å²) in [6, 6.07) is 0. The second-order valence-electron chi connectivity index (χ2n) is 5.11. The summed E-state index contributed by atoms with van der Waals surface area (Å²) in [7, 11) is 0. The minimum absolute atomic E-state index is 0.492. The molecule has 2 saturated heterocycles. The molecule has 0 radical (unpaired) electrons. The Kier molecular flexibility index (Phi) is 4.58. The molecule has 2 heterocycles. The fourth-order valence-corrected chi connectivity index (χ4v) is 2.49. The highest BCUT2D eigenvalue weighted by Gasteiger charge is 2.31. The predicted octanol–water partition coefficient (Wildman–Crippen LogP) is 0.213. The normalized spacial score (nSPS) is 31.3. The molecule has 2 rings (SSSR count). The summed E-state index contributed by atoms with van der Waals surface area (Å²) < 4.78 is 5.20. The van der Waals surface area contributed by atoms with Crippen LogP contribution in [-0.2, 0) is 4.74 Å². The molecule has 0 bridgehead atoms. The molecule has 0 aliphatic carbocycles. The largest absolute Gasteiger partial charge is 0.386 e. The Hall–Kier alpha value is -0.160. The summed E-state index contributed by atoms with van der Waals surface area (Å²) in [6.45, 7) is 6.61. The molecule has 1 atom stereocenters. The molecule has 16 heavy (non-hydrogen) atoms. The van der Waals surface area contributed by atoms with Crippen molar-refractivity contribution in [2.45, 2.75) is 31.3 Å². The van der Waals surface area contributed by atoms with Gasteiger partial charge in [0.25, 0.3) is 0 Å². The molecule has 94 valence electrons. The van der Waals surface area contributed by atoms with Gasteiger partial charge in [0.1, 0.15) is 5.60 Å². The average molecular weight is 228 g/mol. The van der Waals surface area contributed by atoms with Gasteiger partial charge in [-0.3, -0.25) is 0 Å². The van der Waals surface area contributed by atoms with Crippen LogP contribution < -0.4 is 5.32 Å². The third-order valence-electron chi connectivity index (χ3n) is 3.56. The summed E-state index contributed by atoms with van der Waals surface area (Å²) in [5, 5.41) is 13.3. The second-order valence-corrected chi connectivity index (χ2v) is 5.11. The first-order valence-corrected chi connectivity index (χ1v) is 6.52. The van der Waals surface area contributed by atoms with E-state index in [9.17, 15) is 5.11 Å². The topological polar surface area (TPSA) is 44.7 Å². The quantitative estimate of drug-likeness (QED) is 0.638. The molecule has 0 aromatic rings. The minimum atomic E-state index is -0.604. The van der Waals surface area contributed by atoms with Crippen LogP contribution in [0.4, 0.5) is 0 Å². The summed E-state index contributed by atoms with van der Waals surface area (Å²) in [5.74, 6) is 0. The van der Waals surface area contributed by atoms with Gasteiger partial charge in [0, 0.05) is 19.6 Å². The zero-order valence-electron chi connectivity index (χ0n) is 10.1. The molecular formula is C12H24N2O2. The van der Waals surface area contributed by atoms with Crippen molar-refractivity contribution in [2.24, 2.45) is 0 Å². The molecule has 0 aromatic heterocycles. The summed E-state index contributed by atoms with van der Waals surface area (Å²) in [4.78, 5) is 2.52. The van der Waals surface area contributed by atoms with Crippen LogP contribution in [-0.4, -0.2) is 61.5 Å². The Balaban J connectivity index is 1.48. The van der Waals surface area contributed by atoms with Gasteiger partial charge in [0.2, 0.25) is 0 Å². The smallest absolute Gasteiger partial charge is 0.102 e. The zero-order chi connectivity index (χ0) is 11.3. The van der Waals surface area contributed by atoms with Crippen LogP contribution >= 0.6 is 0 Å². The number of nitrogens with one attached hydrogen (secondary N) is 1. The molecule has 2 N–H and O–H groups in total. The van der Waals surface area contributed by atoms with Gasteiger partial charge in [0.15, 0.2) is 0 Å². The summed E-state index contributed by atoms with van der Waals surface area (Å²) in [5.41, 5.74) is -0.604. The Morgan fingerprint density at radius 1 is 1.31 bits per heavy atom. The first-order chi connectivity index (χ1) is 7.79. The predicted molar refractivity (Wildman–Crippen MR) is 63.5 cm³/mol. The van der Waals surface area contributed by atoms with Gasteiger partial charge in [-0.1, -0.05) is 0 Å². The number of hydrogen-bond acceptors (Lipinski definition) is 4. The Bertz CT molecular complexity index is 199. The fraction of sp³-hybridized carbons (Fsp3) is 1.00. The van der Waals surface area contributed by atoms with Crippen molar-refractivity contribution >= 4 is 0 Å². The van der Waals surface area contributed by atoms with E-state index < -0.39 is 5.60 Å². The molecule has 0 amide bonds. The highest BCUT2D eigenvalue weighted by Crippen LogP contribution is 2.16. The number of nitrogens with zero attached hydrogens (tertiary/aromatic N) is 1. The van der Waals surface area contributed by atoms with Crippen LogP contribution in [0.5, 0.6) is 0 Å². The van der Waals surface area contributed by atoms with E-state index in [0.29, 0.717) is 19.8 Å². The van der Waals surface area contributed by atoms with Crippen molar-refractivity contribution in [1.82, 2.24) is 10.2 Å². The molecule has 4 heteroatoms. The zero-order valence-corrected chi connectivity index (χ0v) is 10.1. The first kappa shape index (κ1) is 12.3. The third-order valence-corrected chi connectivity index (χ3v) is 3.56. The SMILES string of the molecule is OC1(CNCCCN2CCCC2)CCOC1. The maximum atomic E-state index is 10.0. The van der Waals surface area contributed by atoms with E-state index in [2.05, 4.69) is 10.2 Å². The molecule has 1 unspecified atom stereocenters. The van der Waals surface area contributed by atoms with Crippen LogP contribution in [0.25, 0.3) is 0 Å². The highest BCUT2D eigenvalue weighted by atomic mass is 16.5. The van der Waals surface area contributed by atoms with Gasteiger partial charge in [-0.25, -0.2) is 0 Å².